The third-order valence-corrected chi connectivity index (χ3v) is 1.74. The molecule has 60 valence electrons. The zero-order valence-electron chi connectivity index (χ0n) is 6.16. The van der Waals surface area contributed by atoms with Gasteiger partial charge in [-0.3, -0.25) is 4.79 Å². The molecule has 0 aromatic rings. The van der Waals surface area contributed by atoms with Crippen LogP contribution in [0.15, 0.2) is 12.7 Å². The minimum atomic E-state index is -0.283. The van der Waals surface area contributed by atoms with Gasteiger partial charge in [-0.2, -0.15) is 0 Å². The molecular formula is C8H10O3. The molecule has 2 unspecified atom stereocenters. The van der Waals surface area contributed by atoms with Gasteiger partial charge in [0.05, 0.1) is 12.3 Å². The standard InChI is InChI=1S/C8H10O3/c1-2-3-7-6(5-9)4-8(10)11-7/h2,5-7H,1,3-4H2. The van der Waals surface area contributed by atoms with Crippen LogP contribution in [0.4, 0.5) is 0 Å². The Morgan fingerprint density at radius 2 is 2.45 bits per heavy atom. The molecule has 0 spiro atoms. The first-order valence-corrected chi connectivity index (χ1v) is 3.53. The van der Waals surface area contributed by atoms with E-state index in [9.17, 15) is 9.59 Å². The lowest BCUT2D eigenvalue weighted by molar-refractivity contribution is -0.141. The zero-order chi connectivity index (χ0) is 8.27. The fraction of sp³-hybridized carbons (Fsp3) is 0.500. The molecule has 3 nitrogen and oxygen atoms in total. The highest BCUT2D eigenvalue weighted by atomic mass is 16.5. The number of carbonyl (C=O) groups excluding carboxylic acids is 2. The molecule has 1 aliphatic heterocycles. The van der Waals surface area contributed by atoms with Crippen molar-refractivity contribution in [3.8, 4) is 0 Å². The topological polar surface area (TPSA) is 43.4 Å². The molecule has 1 fully saturated rings. The summed E-state index contributed by atoms with van der Waals surface area (Å²) in [5, 5.41) is 0. The normalized spacial score (nSPS) is 29.6. The van der Waals surface area contributed by atoms with E-state index in [-0.39, 0.29) is 24.4 Å². The van der Waals surface area contributed by atoms with Crippen molar-refractivity contribution >= 4 is 12.3 Å². The van der Waals surface area contributed by atoms with Gasteiger partial charge in [-0.05, 0) is 0 Å². The summed E-state index contributed by atoms with van der Waals surface area (Å²) in [5.74, 6) is -0.547. The summed E-state index contributed by atoms with van der Waals surface area (Å²) in [6.45, 7) is 3.51. The maximum absolute atomic E-state index is 10.7. The highest BCUT2D eigenvalue weighted by Crippen LogP contribution is 2.22. The van der Waals surface area contributed by atoms with E-state index in [1.807, 2.05) is 0 Å². The summed E-state index contributed by atoms with van der Waals surface area (Å²) in [6, 6.07) is 0. The first-order valence-electron chi connectivity index (χ1n) is 3.53. The molecule has 1 rings (SSSR count). The van der Waals surface area contributed by atoms with E-state index < -0.39 is 0 Å². The van der Waals surface area contributed by atoms with Gasteiger partial charge in [-0.15, -0.1) is 6.58 Å². The Kier molecular flexibility index (Phi) is 2.41. The number of esters is 1. The van der Waals surface area contributed by atoms with Gasteiger partial charge in [-0.1, -0.05) is 6.08 Å². The third-order valence-electron chi connectivity index (χ3n) is 1.74. The lowest BCUT2D eigenvalue weighted by atomic mass is 10.0. The highest BCUT2D eigenvalue weighted by Gasteiger charge is 2.33. The number of rotatable bonds is 3. The van der Waals surface area contributed by atoms with Gasteiger partial charge in [0, 0.05) is 6.42 Å². The lowest BCUT2D eigenvalue weighted by Gasteiger charge is -2.08. The second-order valence-corrected chi connectivity index (χ2v) is 2.56. The molecule has 1 aliphatic rings. The molecule has 11 heavy (non-hydrogen) atoms. The molecule has 0 amide bonds. The smallest absolute Gasteiger partial charge is 0.306 e. The molecular weight excluding hydrogens is 144 g/mol. The van der Waals surface area contributed by atoms with Crippen molar-refractivity contribution in [3.63, 3.8) is 0 Å². The quantitative estimate of drug-likeness (QED) is 0.341. The molecule has 0 bridgehead atoms. The largest absolute Gasteiger partial charge is 0.461 e. The Morgan fingerprint density at radius 3 is 3.00 bits per heavy atom. The SMILES string of the molecule is C=CCC1OC(=O)CC1C=O. The minimum absolute atomic E-state index is 0.224. The maximum Gasteiger partial charge on any atom is 0.306 e. The number of hydrogen-bond acceptors (Lipinski definition) is 3. The average Bonchev–Trinajstić information content (AvgIpc) is 2.32. The van der Waals surface area contributed by atoms with Crippen LogP contribution in [0.3, 0.4) is 0 Å². The van der Waals surface area contributed by atoms with Gasteiger partial charge in [0.1, 0.15) is 12.4 Å². The number of hydrogen-bond donors (Lipinski definition) is 0. The maximum atomic E-state index is 10.7. The molecule has 0 saturated carbocycles. The number of aldehydes is 1. The summed E-state index contributed by atoms with van der Waals surface area (Å²) in [5.41, 5.74) is 0. The Hall–Kier alpha value is -1.12. The molecule has 0 aromatic heterocycles. The molecule has 0 aromatic carbocycles. The van der Waals surface area contributed by atoms with Crippen molar-refractivity contribution in [2.45, 2.75) is 18.9 Å². The van der Waals surface area contributed by atoms with Gasteiger partial charge >= 0.3 is 5.97 Å². The van der Waals surface area contributed by atoms with Crippen molar-refractivity contribution in [2.24, 2.45) is 5.92 Å². The number of ether oxygens (including phenoxy) is 1. The average molecular weight is 154 g/mol. The van der Waals surface area contributed by atoms with Crippen LogP contribution in [0, 0.1) is 5.92 Å². The molecule has 0 radical (unpaired) electrons. The van der Waals surface area contributed by atoms with Crippen molar-refractivity contribution in [1.82, 2.24) is 0 Å². The van der Waals surface area contributed by atoms with Gasteiger partial charge < -0.3 is 9.53 Å². The van der Waals surface area contributed by atoms with E-state index in [2.05, 4.69) is 6.58 Å². The van der Waals surface area contributed by atoms with Gasteiger partial charge in [0.2, 0.25) is 0 Å². The predicted molar refractivity (Wildman–Crippen MR) is 38.9 cm³/mol. The Labute approximate surface area is 65.0 Å². The van der Waals surface area contributed by atoms with Crippen LogP contribution in [0.1, 0.15) is 12.8 Å². The molecule has 0 N–H and O–H groups in total. The van der Waals surface area contributed by atoms with Crippen molar-refractivity contribution in [1.29, 1.82) is 0 Å². The summed E-state index contributed by atoms with van der Waals surface area (Å²) in [6.07, 6.45) is 2.95. The van der Waals surface area contributed by atoms with Crippen molar-refractivity contribution in [3.05, 3.63) is 12.7 Å². The fourth-order valence-corrected chi connectivity index (χ4v) is 1.15. The summed E-state index contributed by atoms with van der Waals surface area (Å²) >= 11 is 0. The Balaban J connectivity index is 2.56. The first kappa shape index (κ1) is 7.98. The molecule has 1 heterocycles. The summed E-state index contributed by atoms with van der Waals surface area (Å²) < 4.78 is 4.86. The van der Waals surface area contributed by atoms with Crippen LogP contribution >= 0.6 is 0 Å². The van der Waals surface area contributed by atoms with Crippen LogP contribution in [-0.2, 0) is 14.3 Å². The van der Waals surface area contributed by atoms with Crippen LogP contribution < -0.4 is 0 Å². The van der Waals surface area contributed by atoms with Crippen molar-refractivity contribution < 1.29 is 14.3 Å². The zero-order valence-corrected chi connectivity index (χ0v) is 6.16. The van der Waals surface area contributed by atoms with Crippen LogP contribution in [0.5, 0.6) is 0 Å². The molecule has 1 saturated heterocycles. The lowest BCUT2D eigenvalue weighted by Crippen LogP contribution is -2.15. The monoisotopic (exact) mass is 154 g/mol. The molecule has 0 aliphatic carbocycles. The van der Waals surface area contributed by atoms with Gasteiger partial charge in [0.25, 0.3) is 0 Å². The van der Waals surface area contributed by atoms with Crippen LogP contribution in [0.2, 0.25) is 0 Å². The molecule has 2 atom stereocenters. The minimum Gasteiger partial charge on any atom is -0.461 e. The predicted octanol–water partition coefficient (Wildman–Crippen LogP) is 0.693. The number of carbonyl (C=O) groups is 2. The molecule has 3 heteroatoms. The summed E-state index contributed by atoms with van der Waals surface area (Å²) in [7, 11) is 0. The van der Waals surface area contributed by atoms with E-state index in [0.717, 1.165) is 6.29 Å². The van der Waals surface area contributed by atoms with Crippen molar-refractivity contribution in [2.75, 3.05) is 0 Å². The summed E-state index contributed by atoms with van der Waals surface area (Å²) in [4.78, 5) is 21.1. The second kappa shape index (κ2) is 3.32. The van der Waals surface area contributed by atoms with Gasteiger partial charge in [0.15, 0.2) is 0 Å². The Bertz CT molecular complexity index is 186. The van der Waals surface area contributed by atoms with E-state index in [1.165, 1.54) is 0 Å². The third kappa shape index (κ3) is 1.67. The van der Waals surface area contributed by atoms with Crippen LogP contribution in [0.25, 0.3) is 0 Å². The van der Waals surface area contributed by atoms with Gasteiger partial charge in [-0.25, -0.2) is 0 Å². The second-order valence-electron chi connectivity index (χ2n) is 2.56. The van der Waals surface area contributed by atoms with Crippen LogP contribution in [-0.4, -0.2) is 18.4 Å². The number of cyclic esters (lactones) is 1. The Morgan fingerprint density at radius 1 is 1.73 bits per heavy atom. The highest BCUT2D eigenvalue weighted by molar-refractivity contribution is 5.77. The first-order chi connectivity index (χ1) is 5.27. The van der Waals surface area contributed by atoms with E-state index in [1.54, 1.807) is 6.08 Å². The van der Waals surface area contributed by atoms with E-state index in [4.69, 9.17) is 4.74 Å². The van der Waals surface area contributed by atoms with E-state index >= 15 is 0 Å². The fourth-order valence-electron chi connectivity index (χ4n) is 1.15. The van der Waals surface area contributed by atoms with E-state index in [0.29, 0.717) is 6.42 Å².